The Bertz CT molecular complexity index is 439. The number of hydrogen-bond donors (Lipinski definition) is 1. The van der Waals surface area contributed by atoms with Gasteiger partial charge in [-0.1, -0.05) is 18.2 Å². The standard InChI is InChI=1S/C13H15F2NO/c14-13(15)7-12(16,8-13)10-5-9-3-1-2-4-11(9)17-6-10/h1-4,10H,5-8,16H2. The summed E-state index contributed by atoms with van der Waals surface area (Å²) in [6.45, 7) is 0.448. The van der Waals surface area contributed by atoms with E-state index in [-0.39, 0.29) is 18.8 Å². The minimum absolute atomic E-state index is 0.00275. The fraction of sp³-hybridized carbons (Fsp3) is 0.538. The van der Waals surface area contributed by atoms with Crippen LogP contribution in [0.15, 0.2) is 24.3 Å². The predicted octanol–water partition coefficient (Wildman–Crippen LogP) is 2.36. The van der Waals surface area contributed by atoms with E-state index in [4.69, 9.17) is 10.5 Å². The number of halogens is 2. The summed E-state index contributed by atoms with van der Waals surface area (Å²) >= 11 is 0. The second-order valence-corrected chi connectivity index (χ2v) is 5.26. The largest absolute Gasteiger partial charge is 0.493 e. The molecule has 1 saturated carbocycles. The summed E-state index contributed by atoms with van der Waals surface area (Å²) in [6, 6.07) is 7.73. The summed E-state index contributed by atoms with van der Waals surface area (Å²) in [7, 11) is 0. The fourth-order valence-electron chi connectivity index (χ4n) is 2.90. The highest BCUT2D eigenvalue weighted by Crippen LogP contribution is 2.49. The van der Waals surface area contributed by atoms with Crippen LogP contribution in [0.25, 0.3) is 0 Å². The second-order valence-electron chi connectivity index (χ2n) is 5.26. The first kappa shape index (κ1) is 11.0. The van der Waals surface area contributed by atoms with E-state index in [2.05, 4.69) is 0 Å². The van der Waals surface area contributed by atoms with E-state index in [1.807, 2.05) is 24.3 Å². The zero-order valence-corrected chi connectivity index (χ0v) is 9.46. The van der Waals surface area contributed by atoms with Crippen molar-refractivity contribution in [1.29, 1.82) is 0 Å². The molecule has 2 aliphatic rings. The molecule has 2 N–H and O–H groups in total. The van der Waals surface area contributed by atoms with Gasteiger partial charge in [0.05, 0.1) is 6.61 Å². The molecule has 92 valence electrons. The predicted molar refractivity (Wildman–Crippen MR) is 60.2 cm³/mol. The molecule has 1 aromatic carbocycles. The zero-order valence-electron chi connectivity index (χ0n) is 9.46. The van der Waals surface area contributed by atoms with E-state index in [9.17, 15) is 8.78 Å². The van der Waals surface area contributed by atoms with Gasteiger partial charge in [0.25, 0.3) is 5.92 Å². The van der Waals surface area contributed by atoms with E-state index in [0.717, 1.165) is 17.7 Å². The van der Waals surface area contributed by atoms with Gasteiger partial charge < -0.3 is 10.5 Å². The van der Waals surface area contributed by atoms with Gasteiger partial charge in [0.2, 0.25) is 0 Å². The molecule has 0 amide bonds. The highest BCUT2D eigenvalue weighted by Gasteiger charge is 2.58. The van der Waals surface area contributed by atoms with Crippen molar-refractivity contribution >= 4 is 0 Å². The van der Waals surface area contributed by atoms with Crippen LogP contribution in [-0.4, -0.2) is 18.1 Å². The third-order valence-corrected chi connectivity index (χ3v) is 3.87. The third kappa shape index (κ3) is 1.80. The summed E-state index contributed by atoms with van der Waals surface area (Å²) in [5, 5.41) is 0. The summed E-state index contributed by atoms with van der Waals surface area (Å²) < 4.78 is 31.5. The lowest BCUT2D eigenvalue weighted by Gasteiger charge is -2.50. The number of nitrogens with two attached hydrogens (primary N) is 1. The summed E-state index contributed by atoms with van der Waals surface area (Å²) in [5.74, 6) is -1.72. The van der Waals surface area contributed by atoms with Crippen LogP contribution in [0.2, 0.25) is 0 Å². The van der Waals surface area contributed by atoms with Gasteiger partial charge in [-0.25, -0.2) is 8.78 Å². The minimum Gasteiger partial charge on any atom is -0.493 e. The normalized spacial score (nSPS) is 28.8. The van der Waals surface area contributed by atoms with E-state index in [1.54, 1.807) is 0 Å². The molecular weight excluding hydrogens is 224 g/mol. The Morgan fingerprint density at radius 3 is 2.65 bits per heavy atom. The summed E-state index contributed by atoms with van der Waals surface area (Å²) in [6.07, 6.45) is 0.315. The van der Waals surface area contributed by atoms with Gasteiger partial charge in [-0.15, -0.1) is 0 Å². The van der Waals surface area contributed by atoms with E-state index < -0.39 is 11.5 Å². The maximum absolute atomic E-state index is 13.0. The lowest BCUT2D eigenvalue weighted by molar-refractivity contribution is -0.144. The van der Waals surface area contributed by atoms with E-state index in [1.165, 1.54) is 0 Å². The molecule has 0 saturated heterocycles. The Hall–Kier alpha value is -1.16. The molecule has 1 atom stereocenters. The molecule has 2 nitrogen and oxygen atoms in total. The molecule has 1 heterocycles. The lowest BCUT2D eigenvalue weighted by atomic mass is 9.64. The average molecular weight is 239 g/mol. The van der Waals surface area contributed by atoms with Gasteiger partial charge in [-0.2, -0.15) is 0 Å². The minimum atomic E-state index is -2.58. The third-order valence-electron chi connectivity index (χ3n) is 3.87. The number of fused-ring (bicyclic) bond motifs is 1. The smallest absolute Gasteiger partial charge is 0.251 e. The lowest BCUT2D eigenvalue weighted by Crippen LogP contribution is -2.64. The topological polar surface area (TPSA) is 35.2 Å². The van der Waals surface area contributed by atoms with Gasteiger partial charge in [0.1, 0.15) is 5.75 Å². The molecule has 1 fully saturated rings. The Kier molecular flexibility index (Phi) is 2.20. The van der Waals surface area contributed by atoms with Crippen molar-refractivity contribution in [2.24, 2.45) is 11.7 Å². The SMILES string of the molecule is NC1(C2COc3ccccc3C2)CC(F)(F)C1. The molecule has 1 aliphatic heterocycles. The molecule has 4 heteroatoms. The zero-order chi connectivity index (χ0) is 12.1. The first-order valence-electron chi connectivity index (χ1n) is 5.86. The fourth-order valence-corrected chi connectivity index (χ4v) is 2.90. The van der Waals surface area contributed by atoms with Crippen LogP contribution in [0.5, 0.6) is 5.75 Å². The van der Waals surface area contributed by atoms with Crippen LogP contribution < -0.4 is 10.5 Å². The Balaban J connectivity index is 1.77. The van der Waals surface area contributed by atoms with Gasteiger partial charge in [-0.05, 0) is 18.1 Å². The van der Waals surface area contributed by atoms with Crippen molar-refractivity contribution in [2.45, 2.75) is 30.7 Å². The molecule has 1 aromatic rings. The van der Waals surface area contributed by atoms with Crippen LogP contribution >= 0.6 is 0 Å². The number of rotatable bonds is 1. The Morgan fingerprint density at radius 1 is 1.24 bits per heavy atom. The molecule has 0 aromatic heterocycles. The first-order valence-corrected chi connectivity index (χ1v) is 5.86. The maximum Gasteiger partial charge on any atom is 0.251 e. The number of ether oxygens (including phenoxy) is 1. The monoisotopic (exact) mass is 239 g/mol. The molecule has 0 radical (unpaired) electrons. The van der Waals surface area contributed by atoms with Crippen molar-refractivity contribution < 1.29 is 13.5 Å². The van der Waals surface area contributed by atoms with Gasteiger partial charge in [0.15, 0.2) is 0 Å². The number of para-hydroxylation sites is 1. The Labute approximate surface area is 98.8 Å². The van der Waals surface area contributed by atoms with Crippen LogP contribution in [0, 0.1) is 5.92 Å². The van der Waals surface area contributed by atoms with E-state index in [0.29, 0.717) is 6.61 Å². The van der Waals surface area contributed by atoms with Gasteiger partial charge in [0, 0.05) is 24.3 Å². The summed E-state index contributed by atoms with van der Waals surface area (Å²) in [4.78, 5) is 0. The summed E-state index contributed by atoms with van der Waals surface area (Å²) in [5.41, 5.74) is 6.37. The van der Waals surface area contributed by atoms with Crippen LogP contribution in [0.4, 0.5) is 8.78 Å². The Morgan fingerprint density at radius 2 is 1.94 bits per heavy atom. The van der Waals surface area contributed by atoms with Gasteiger partial charge >= 0.3 is 0 Å². The number of hydrogen-bond acceptors (Lipinski definition) is 2. The van der Waals surface area contributed by atoms with Crippen molar-refractivity contribution in [2.75, 3.05) is 6.61 Å². The molecular formula is C13H15F2NO. The molecule has 0 bridgehead atoms. The van der Waals surface area contributed by atoms with Gasteiger partial charge in [-0.3, -0.25) is 0 Å². The highest BCUT2D eigenvalue weighted by molar-refractivity contribution is 5.36. The molecule has 1 aliphatic carbocycles. The second kappa shape index (κ2) is 3.42. The molecule has 3 rings (SSSR count). The average Bonchev–Trinajstić information content (AvgIpc) is 2.25. The molecule has 1 unspecified atom stereocenters. The maximum atomic E-state index is 13.0. The van der Waals surface area contributed by atoms with Crippen molar-refractivity contribution in [1.82, 2.24) is 0 Å². The number of alkyl halides is 2. The quantitative estimate of drug-likeness (QED) is 0.816. The van der Waals surface area contributed by atoms with Crippen molar-refractivity contribution in [3.05, 3.63) is 29.8 Å². The molecule has 0 spiro atoms. The van der Waals surface area contributed by atoms with Crippen molar-refractivity contribution in [3.63, 3.8) is 0 Å². The molecule has 17 heavy (non-hydrogen) atoms. The van der Waals surface area contributed by atoms with Crippen molar-refractivity contribution in [3.8, 4) is 5.75 Å². The van der Waals surface area contributed by atoms with Crippen LogP contribution in [0.1, 0.15) is 18.4 Å². The van der Waals surface area contributed by atoms with E-state index >= 15 is 0 Å². The first-order chi connectivity index (χ1) is 7.99. The van der Waals surface area contributed by atoms with Crippen LogP contribution in [0.3, 0.4) is 0 Å². The van der Waals surface area contributed by atoms with Crippen LogP contribution in [-0.2, 0) is 6.42 Å². The highest BCUT2D eigenvalue weighted by atomic mass is 19.3. The number of benzene rings is 1.